The summed E-state index contributed by atoms with van der Waals surface area (Å²) in [6.45, 7) is 9.30. The number of rotatable bonds is 5. The highest BCUT2D eigenvalue weighted by Gasteiger charge is 2.34. The van der Waals surface area contributed by atoms with Crippen molar-refractivity contribution in [2.75, 3.05) is 13.6 Å². The minimum atomic E-state index is -0.0633. The van der Waals surface area contributed by atoms with Crippen LogP contribution in [-0.4, -0.2) is 29.0 Å². The van der Waals surface area contributed by atoms with Crippen LogP contribution in [0.15, 0.2) is 0 Å². The van der Waals surface area contributed by atoms with Crippen molar-refractivity contribution in [1.29, 1.82) is 0 Å². The summed E-state index contributed by atoms with van der Waals surface area (Å²) in [6.07, 6.45) is 4.90. The molecule has 0 aliphatic rings. The van der Waals surface area contributed by atoms with Gasteiger partial charge in [0.1, 0.15) is 12.1 Å². The van der Waals surface area contributed by atoms with Gasteiger partial charge < -0.3 is 0 Å². The second-order valence-electron chi connectivity index (χ2n) is 5.09. The lowest BCUT2D eigenvalue weighted by molar-refractivity contribution is -1.12. The van der Waals surface area contributed by atoms with Crippen molar-refractivity contribution in [2.24, 2.45) is 0 Å². The molecule has 13 heavy (non-hydrogen) atoms. The van der Waals surface area contributed by atoms with Crippen molar-refractivity contribution in [3.05, 3.63) is 0 Å². The maximum absolute atomic E-state index is 10.1. The van der Waals surface area contributed by atoms with E-state index < -0.39 is 0 Å². The molecule has 1 N–H and O–H groups in total. The van der Waals surface area contributed by atoms with Gasteiger partial charge in [-0.05, 0) is 33.6 Å². The van der Waals surface area contributed by atoms with E-state index in [1.165, 1.54) is 19.3 Å². The average Bonchev–Trinajstić information content (AvgIpc) is 1.96. The van der Waals surface area contributed by atoms with Crippen LogP contribution in [0.4, 0.5) is 0 Å². The Balaban J connectivity index is 3.77. The maximum Gasteiger partial charge on any atom is 0.120 e. The number of quaternary nitrogens is 1. The first-order valence-corrected chi connectivity index (χ1v) is 5.39. The predicted octanol–water partition coefficient (Wildman–Crippen LogP) is 3.20. The summed E-state index contributed by atoms with van der Waals surface area (Å²) >= 11 is 0. The van der Waals surface area contributed by atoms with Gasteiger partial charge in [0.25, 0.3) is 0 Å². The Morgan fingerprint density at radius 2 is 1.62 bits per heavy atom. The summed E-state index contributed by atoms with van der Waals surface area (Å²) < 4.78 is 0.136. The molecule has 0 aromatic rings. The summed E-state index contributed by atoms with van der Waals surface area (Å²) in [7, 11) is 1.89. The molecule has 0 aromatic carbocycles. The Morgan fingerprint density at radius 1 is 1.08 bits per heavy atom. The van der Waals surface area contributed by atoms with Crippen molar-refractivity contribution >= 4 is 0 Å². The van der Waals surface area contributed by atoms with E-state index in [1.807, 2.05) is 7.05 Å². The zero-order valence-electron chi connectivity index (χ0n) is 9.93. The van der Waals surface area contributed by atoms with E-state index >= 15 is 0 Å². The lowest BCUT2D eigenvalue weighted by atomic mass is 10.1. The van der Waals surface area contributed by atoms with Crippen LogP contribution in [0.2, 0.25) is 0 Å². The van der Waals surface area contributed by atoms with Gasteiger partial charge in [-0.2, -0.15) is 4.65 Å². The molecule has 0 fully saturated rings. The second-order valence-corrected chi connectivity index (χ2v) is 5.09. The van der Waals surface area contributed by atoms with Crippen molar-refractivity contribution in [2.45, 2.75) is 58.9 Å². The summed E-state index contributed by atoms with van der Waals surface area (Å²) in [5.74, 6) is 0. The van der Waals surface area contributed by atoms with Gasteiger partial charge in [-0.1, -0.05) is 19.8 Å². The highest BCUT2D eigenvalue weighted by molar-refractivity contribution is 4.58. The van der Waals surface area contributed by atoms with Gasteiger partial charge in [-0.3, -0.25) is 0 Å². The van der Waals surface area contributed by atoms with Gasteiger partial charge in [-0.25, -0.2) is 5.21 Å². The minimum absolute atomic E-state index is 0.0633. The lowest BCUT2D eigenvalue weighted by Gasteiger charge is -2.38. The third-order valence-corrected chi connectivity index (χ3v) is 2.89. The molecular weight excluding hydrogens is 162 g/mol. The summed E-state index contributed by atoms with van der Waals surface area (Å²) in [6, 6.07) is 0. The molecule has 0 heterocycles. The predicted molar refractivity (Wildman–Crippen MR) is 56.7 cm³/mol. The monoisotopic (exact) mass is 188 g/mol. The van der Waals surface area contributed by atoms with Crippen LogP contribution in [0.1, 0.15) is 53.4 Å². The number of nitrogens with zero attached hydrogens (tertiary/aromatic N) is 1. The van der Waals surface area contributed by atoms with Crippen molar-refractivity contribution in [3.63, 3.8) is 0 Å². The fourth-order valence-electron chi connectivity index (χ4n) is 1.18. The van der Waals surface area contributed by atoms with E-state index in [9.17, 15) is 5.21 Å². The Kier molecular flexibility index (Phi) is 4.93. The smallest absolute Gasteiger partial charge is 0.120 e. The molecule has 0 rings (SSSR count). The molecule has 0 saturated heterocycles. The standard InChI is InChI=1S/C11H26NO/c1-6-7-8-9-10-12(5,13)11(2,3)4/h13H,6-10H2,1-5H3/q+1. The molecular formula is C11H26NO+. The van der Waals surface area contributed by atoms with Crippen molar-refractivity contribution in [3.8, 4) is 0 Å². The van der Waals surface area contributed by atoms with Crippen LogP contribution in [0.5, 0.6) is 0 Å². The highest BCUT2D eigenvalue weighted by atomic mass is 16.5. The van der Waals surface area contributed by atoms with Gasteiger partial charge in [0.15, 0.2) is 0 Å². The van der Waals surface area contributed by atoms with Gasteiger partial charge in [0.2, 0.25) is 0 Å². The number of hydroxylamine groups is 3. The Morgan fingerprint density at radius 3 is 2.00 bits per heavy atom. The largest absolute Gasteiger partial charge is 0.217 e. The van der Waals surface area contributed by atoms with E-state index in [2.05, 4.69) is 27.7 Å². The molecule has 0 aromatic heterocycles. The quantitative estimate of drug-likeness (QED) is 0.399. The molecule has 0 aliphatic carbocycles. The molecule has 0 bridgehead atoms. The fourth-order valence-corrected chi connectivity index (χ4v) is 1.18. The molecule has 2 heteroatoms. The Bertz CT molecular complexity index is 136. The van der Waals surface area contributed by atoms with E-state index in [4.69, 9.17) is 0 Å². The normalized spacial score (nSPS) is 17.1. The summed E-state index contributed by atoms with van der Waals surface area (Å²) in [5.41, 5.74) is -0.0633. The molecule has 0 spiro atoms. The van der Waals surface area contributed by atoms with Gasteiger partial charge in [0.05, 0.1) is 7.05 Å². The van der Waals surface area contributed by atoms with Crippen LogP contribution in [-0.2, 0) is 0 Å². The van der Waals surface area contributed by atoms with E-state index in [0.717, 1.165) is 13.0 Å². The Hall–Kier alpha value is -0.0800. The minimum Gasteiger partial charge on any atom is -0.217 e. The Labute approximate surface area is 83.1 Å². The average molecular weight is 188 g/mol. The van der Waals surface area contributed by atoms with E-state index in [1.54, 1.807) is 0 Å². The first-order chi connectivity index (χ1) is 5.81. The highest BCUT2D eigenvalue weighted by Crippen LogP contribution is 2.19. The summed E-state index contributed by atoms with van der Waals surface area (Å²) in [4.78, 5) is 0. The zero-order chi connectivity index (χ0) is 10.5. The summed E-state index contributed by atoms with van der Waals surface area (Å²) in [5, 5.41) is 10.1. The first kappa shape index (κ1) is 12.9. The van der Waals surface area contributed by atoms with E-state index in [0.29, 0.717) is 0 Å². The van der Waals surface area contributed by atoms with Crippen LogP contribution in [0, 0.1) is 0 Å². The molecule has 1 unspecified atom stereocenters. The van der Waals surface area contributed by atoms with Gasteiger partial charge in [-0.15, -0.1) is 0 Å². The van der Waals surface area contributed by atoms with Crippen LogP contribution in [0.25, 0.3) is 0 Å². The molecule has 0 radical (unpaired) electrons. The van der Waals surface area contributed by atoms with Crippen molar-refractivity contribution < 1.29 is 9.85 Å². The third kappa shape index (κ3) is 4.63. The van der Waals surface area contributed by atoms with Crippen LogP contribution >= 0.6 is 0 Å². The molecule has 0 amide bonds. The number of hydrogen-bond acceptors (Lipinski definition) is 1. The van der Waals surface area contributed by atoms with Crippen LogP contribution < -0.4 is 0 Å². The molecule has 0 saturated carbocycles. The lowest BCUT2D eigenvalue weighted by Crippen LogP contribution is -2.55. The first-order valence-electron chi connectivity index (χ1n) is 5.39. The van der Waals surface area contributed by atoms with Crippen LogP contribution in [0.3, 0.4) is 0 Å². The second kappa shape index (κ2) is 4.97. The zero-order valence-corrected chi connectivity index (χ0v) is 9.93. The SMILES string of the molecule is CCCCCC[N+](C)(O)C(C)(C)C. The van der Waals surface area contributed by atoms with Gasteiger partial charge >= 0.3 is 0 Å². The van der Waals surface area contributed by atoms with Gasteiger partial charge in [0, 0.05) is 0 Å². The maximum atomic E-state index is 10.1. The number of hydrogen-bond donors (Lipinski definition) is 1. The van der Waals surface area contributed by atoms with E-state index in [-0.39, 0.29) is 10.2 Å². The topological polar surface area (TPSA) is 20.2 Å². The number of unbranched alkanes of at least 4 members (excludes halogenated alkanes) is 3. The van der Waals surface area contributed by atoms with Crippen molar-refractivity contribution in [1.82, 2.24) is 0 Å². The fraction of sp³-hybridized carbons (Fsp3) is 1.00. The molecule has 0 aliphatic heterocycles. The third-order valence-electron chi connectivity index (χ3n) is 2.89. The molecule has 2 nitrogen and oxygen atoms in total. The molecule has 1 atom stereocenters. The molecule has 80 valence electrons.